The number of methoxy groups -OCH3 is 1. The topological polar surface area (TPSA) is 32.8 Å². The van der Waals surface area contributed by atoms with Crippen LogP contribution in [0.1, 0.15) is 17.5 Å². The Labute approximate surface area is 178 Å². The van der Waals surface area contributed by atoms with Crippen LogP contribution in [0.3, 0.4) is 0 Å². The Morgan fingerprint density at radius 2 is 1.97 bits per heavy atom. The molecule has 2 aromatic rings. The first-order chi connectivity index (χ1) is 13.8. The van der Waals surface area contributed by atoms with E-state index in [9.17, 15) is 13.6 Å². The SMILES string of the molecule is COC(=O)C1C[C@H](N(C)Cc2ccc(F)cc2F)CN1Cc1ccc(Cl)c(Cl)c1. The van der Waals surface area contributed by atoms with Crippen molar-refractivity contribution in [2.75, 3.05) is 20.7 Å². The summed E-state index contributed by atoms with van der Waals surface area (Å²) in [6.07, 6.45) is 0.549. The Bertz CT molecular complexity index is 897. The molecule has 1 fully saturated rings. The molecule has 1 aliphatic heterocycles. The minimum atomic E-state index is -0.603. The van der Waals surface area contributed by atoms with Gasteiger partial charge in [0.1, 0.15) is 17.7 Å². The highest BCUT2D eigenvalue weighted by Crippen LogP contribution is 2.28. The van der Waals surface area contributed by atoms with Crippen molar-refractivity contribution >= 4 is 29.2 Å². The monoisotopic (exact) mass is 442 g/mol. The van der Waals surface area contributed by atoms with Gasteiger partial charge in [0.2, 0.25) is 0 Å². The van der Waals surface area contributed by atoms with Gasteiger partial charge in [0.05, 0.1) is 17.2 Å². The summed E-state index contributed by atoms with van der Waals surface area (Å²) in [5.41, 5.74) is 1.34. The van der Waals surface area contributed by atoms with Gasteiger partial charge in [0.25, 0.3) is 0 Å². The summed E-state index contributed by atoms with van der Waals surface area (Å²) in [6, 6.07) is 8.54. The minimum absolute atomic E-state index is 0.00586. The lowest BCUT2D eigenvalue weighted by Crippen LogP contribution is -2.36. The molecule has 4 nitrogen and oxygen atoms in total. The molecule has 1 saturated heterocycles. The predicted octanol–water partition coefficient (Wildman–Crippen LogP) is 4.52. The van der Waals surface area contributed by atoms with Crippen molar-refractivity contribution in [1.29, 1.82) is 0 Å². The van der Waals surface area contributed by atoms with Crippen LogP contribution in [0.2, 0.25) is 10.0 Å². The molecule has 0 aromatic heterocycles. The van der Waals surface area contributed by atoms with Crippen molar-refractivity contribution in [2.45, 2.75) is 31.6 Å². The third-order valence-corrected chi connectivity index (χ3v) is 6.02. The molecular weight excluding hydrogens is 421 g/mol. The van der Waals surface area contributed by atoms with Gasteiger partial charge in [-0.15, -0.1) is 0 Å². The van der Waals surface area contributed by atoms with Crippen LogP contribution in [-0.4, -0.2) is 48.6 Å². The maximum atomic E-state index is 14.0. The van der Waals surface area contributed by atoms with Crippen molar-refractivity contribution in [2.24, 2.45) is 0 Å². The van der Waals surface area contributed by atoms with Crippen molar-refractivity contribution in [3.05, 3.63) is 69.2 Å². The first kappa shape index (κ1) is 22.0. The largest absolute Gasteiger partial charge is 0.468 e. The third-order valence-electron chi connectivity index (χ3n) is 5.28. The lowest BCUT2D eigenvalue weighted by Gasteiger charge is -2.25. The molecular formula is C21H22Cl2F2N2O2. The van der Waals surface area contributed by atoms with Gasteiger partial charge in [-0.25, -0.2) is 8.78 Å². The fourth-order valence-corrected chi connectivity index (χ4v) is 4.00. The first-order valence-corrected chi connectivity index (χ1v) is 9.94. The zero-order valence-electron chi connectivity index (χ0n) is 16.2. The second-order valence-corrected chi connectivity index (χ2v) is 8.07. The van der Waals surface area contributed by atoms with E-state index >= 15 is 0 Å². The second-order valence-electron chi connectivity index (χ2n) is 7.26. The van der Waals surface area contributed by atoms with Gasteiger partial charge < -0.3 is 4.74 Å². The number of halogens is 4. The van der Waals surface area contributed by atoms with Crippen molar-refractivity contribution < 1.29 is 18.3 Å². The number of nitrogens with zero attached hydrogens (tertiary/aromatic N) is 2. The smallest absolute Gasteiger partial charge is 0.323 e. The quantitative estimate of drug-likeness (QED) is 0.615. The summed E-state index contributed by atoms with van der Waals surface area (Å²) >= 11 is 12.1. The number of likely N-dealkylation sites (tertiary alicyclic amines) is 1. The number of benzene rings is 2. The van der Waals surface area contributed by atoms with Crippen LogP contribution in [0, 0.1) is 11.6 Å². The van der Waals surface area contributed by atoms with Crippen LogP contribution in [0.25, 0.3) is 0 Å². The Kier molecular flexibility index (Phi) is 7.11. The Hall–Kier alpha value is -1.73. The van der Waals surface area contributed by atoms with Crippen LogP contribution in [0.5, 0.6) is 0 Å². The number of rotatable bonds is 6. The number of ether oxygens (including phenoxy) is 1. The molecule has 3 rings (SSSR count). The van der Waals surface area contributed by atoms with Gasteiger partial charge in [0.15, 0.2) is 0 Å². The molecule has 29 heavy (non-hydrogen) atoms. The van der Waals surface area contributed by atoms with Crippen molar-refractivity contribution in [1.82, 2.24) is 9.80 Å². The summed E-state index contributed by atoms with van der Waals surface area (Å²) in [6.45, 7) is 1.41. The van der Waals surface area contributed by atoms with E-state index in [4.69, 9.17) is 27.9 Å². The summed E-state index contributed by atoms with van der Waals surface area (Å²) in [4.78, 5) is 16.3. The molecule has 0 saturated carbocycles. The number of hydrogen-bond acceptors (Lipinski definition) is 4. The molecule has 2 aromatic carbocycles. The average molecular weight is 443 g/mol. The van der Waals surface area contributed by atoms with Gasteiger partial charge >= 0.3 is 5.97 Å². The lowest BCUT2D eigenvalue weighted by molar-refractivity contribution is -0.146. The molecule has 1 heterocycles. The Morgan fingerprint density at radius 3 is 2.62 bits per heavy atom. The highest BCUT2D eigenvalue weighted by Gasteiger charge is 2.39. The fourth-order valence-electron chi connectivity index (χ4n) is 3.67. The molecule has 0 aliphatic carbocycles. The summed E-state index contributed by atoms with van der Waals surface area (Å²) in [5.74, 6) is -1.49. The number of carbonyl (C=O) groups excluding carboxylic acids is 1. The van der Waals surface area contributed by atoms with Crippen molar-refractivity contribution in [3.8, 4) is 0 Å². The number of carbonyl (C=O) groups is 1. The van der Waals surface area contributed by atoms with Gasteiger partial charge in [0, 0.05) is 37.3 Å². The van der Waals surface area contributed by atoms with E-state index in [1.54, 1.807) is 12.1 Å². The number of likely N-dealkylation sites (N-methyl/N-ethyl adjacent to an activating group) is 1. The normalized spacial score (nSPS) is 19.7. The third kappa shape index (κ3) is 5.25. The lowest BCUT2D eigenvalue weighted by atomic mass is 10.1. The minimum Gasteiger partial charge on any atom is -0.468 e. The molecule has 0 radical (unpaired) electrons. The molecule has 2 atom stereocenters. The van der Waals surface area contributed by atoms with E-state index in [0.717, 1.165) is 11.6 Å². The molecule has 156 valence electrons. The van der Waals surface area contributed by atoms with Gasteiger partial charge in [-0.05, 0) is 37.2 Å². The van der Waals surface area contributed by atoms with E-state index in [0.29, 0.717) is 41.7 Å². The van der Waals surface area contributed by atoms with Gasteiger partial charge in [-0.3, -0.25) is 14.6 Å². The summed E-state index contributed by atoms with van der Waals surface area (Å²) < 4.78 is 32.1. The van der Waals surface area contributed by atoms with E-state index < -0.39 is 17.7 Å². The van der Waals surface area contributed by atoms with Crippen LogP contribution in [-0.2, 0) is 22.6 Å². The molecule has 0 N–H and O–H groups in total. The molecule has 1 unspecified atom stereocenters. The zero-order chi connectivity index (χ0) is 21.1. The predicted molar refractivity (Wildman–Crippen MR) is 109 cm³/mol. The molecule has 1 aliphatic rings. The van der Waals surface area contributed by atoms with E-state index in [2.05, 4.69) is 0 Å². The highest BCUT2D eigenvalue weighted by atomic mass is 35.5. The van der Waals surface area contributed by atoms with Crippen molar-refractivity contribution in [3.63, 3.8) is 0 Å². The standard InChI is InChI=1S/C21H22Cl2F2N2O2/c1-26(11-14-4-5-15(24)8-19(14)25)16-9-20(21(28)29-2)27(12-16)10-13-3-6-17(22)18(23)7-13/h3-8,16,20H,9-12H2,1-2H3/t16-,20?/m0/s1. The van der Waals surface area contributed by atoms with E-state index in [-0.39, 0.29) is 12.0 Å². The molecule has 0 spiro atoms. The maximum Gasteiger partial charge on any atom is 0.323 e. The van der Waals surface area contributed by atoms with Crippen LogP contribution in [0.15, 0.2) is 36.4 Å². The summed E-state index contributed by atoms with van der Waals surface area (Å²) in [7, 11) is 3.23. The molecule has 0 bridgehead atoms. The van der Waals surface area contributed by atoms with Crippen LogP contribution >= 0.6 is 23.2 Å². The fraction of sp³-hybridized carbons (Fsp3) is 0.381. The maximum absolute atomic E-state index is 14.0. The van der Waals surface area contributed by atoms with E-state index in [1.165, 1.54) is 19.2 Å². The van der Waals surface area contributed by atoms with Crippen LogP contribution in [0.4, 0.5) is 8.78 Å². The first-order valence-electron chi connectivity index (χ1n) is 9.18. The van der Waals surface area contributed by atoms with E-state index in [1.807, 2.05) is 22.9 Å². The highest BCUT2D eigenvalue weighted by molar-refractivity contribution is 6.42. The number of esters is 1. The van der Waals surface area contributed by atoms with Gasteiger partial charge in [-0.1, -0.05) is 35.3 Å². The second kappa shape index (κ2) is 9.39. The Morgan fingerprint density at radius 1 is 1.21 bits per heavy atom. The summed E-state index contributed by atoms with van der Waals surface area (Å²) in [5, 5.41) is 0.929. The zero-order valence-corrected chi connectivity index (χ0v) is 17.7. The Balaban J connectivity index is 1.73. The molecule has 8 heteroatoms. The molecule has 0 amide bonds. The van der Waals surface area contributed by atoms with Gasteiger partial charge in [-0.2, -0.15) is 0 Å². The average Bonchev–Trinajstić information content (AvgIpc) is 3.10. The van der Waals surface area contributed by atoms with Crippen LogP contribution < -0.4 is 0 Å². The number of hydrogen-bond donors (Lipinski definition) is 0.